The van der Waals surface area contributed by atoms with E-state index < -0.39 is 12.1 Å². The second-order valence-corrected chi connectivity index (χ2v) is 5.19. The second kappa shape index (κ2) is 6.47. The van der Waals surface area contributed by atoms with Gasteiger partial charge in [-0.15, -0.1) is 0 Å². The largest absolute Gasteiger partial charge is 0.469 e. The summed E-state index contributed by atoms with van der Waals surface area (Å²) in [4.78, 5) is 24.2. The van der Waals surface area contributed by atoms with E-state index >= 15 is 0 Å². The molecular formula is C17H19NO4. The van der Waals surface area contributed by atoms with Gasteiger partial charge in [-0.05, 0) is 44.9 Å². The predicted octanol–water partition coefficient (Wildman–Crippen LogP) is 3.39. The molecule has 22 heavy (non-hydrogen) atoms. The number of carbonyl (C=O) groups excluding carboxylic acids is 2. The van der Waals surface area contributed by atoms with Crippen LogP contribution in [-0.4, -0.2) is 18.0 Å². The number of esters is 1. The molecule has 1 heterocycles. The van der Waals surface area contributed by atoms with E-state index in [0.29, 0.717) is 11.3 Å². The van der Waals surface area contributed by atoms with Crippen LogP contribution in [0.2, 0.25) is 0 Å². The Morgan fingerprint density at radius 1 is 1.14 bits per heavy atom. The molecule has 0 aliphatic rings. The van der Waals surface area contributed by atoms with Crippen LogP contribution in [0.15, 0.2) is 34.9 Å². The van der Waals surface area contributed by atoms with Crippen LogP contribution in [0.5, 0.6) is 0 Å². The van der Waals surface area contributed by atoms with Crippen molar-refractivity contribution < 1.29 is 18.7 Å². The van der Waals surface area contributed by atoms with E-state index in [1.807, 2.05) is 32.0 Å². The molecule has 1 aromatic heterocycles. The van der Waals surface area contributed by atoms with Gasteiger partial charge in [-0.25, -0.2) is 4.79 Å². The van der Waals surface area contributed by atoms with Gasteiger partial charge in [0.05, 0.1) is 6.26 Å². The standard InChI is InChI=1S/C17H19NO4/c1-10-6-5-7-11(2)15(10)18-16(19)13(4)22-17(20)14-8-9-21-12(14)3/h5-9,13H,1-4H3,(H,18,19)/t13-/m0/s1. The first-order valence-corrected chi connectivity index (χ1v) is 7.02. The number of anilines is 1. The molecule has 1 N–H and O–H groups in total. The first kappa shape index (κ1) is 15.8. The summed E-state index contributed by atoms with van der Waals surface area (Å²) in [6.07, 6.45) is 0.508. The quantitative estimate of drug-likeness (QED) is 0.879. The highest BCUT2D eigenvalue weighted by Crippen LogP contribution is 2.20. The summed E-state index contributed by atoms with van der Waals surface area (Å²) in [6, 6.07) is 7.27. The molecule has 2 rings (SSSR count). The predicted molar refractivity (Wildman–Crippen MR) is 82.9 cm³/mol. The van der Waals surface area contributed by atoms with Crippen LogP contribution < -0.4 is 5.32 Å². The molecule has 2 aromatic rings. The summed E-state index contributed by atoms with van der Waals surface area (Å²) >= 11 is 0. The second-order valence-electron chi connectivity index (χ2n) is 5.19. The maximum absolute atomic E-state index is 12.2. The van der Waals surface area contributed by atoms with Crippen molar-refractivity contribution in [2.75, 3.05) is 5.32 Å². The highest BCUT2D eigenvalue weighted by Gasteiger charge is 2.22. The monoisotopic (exact) mass is 301 g/mol. The Morgan fingerprint density at radius 2 is 1.77 bits per heavy atom. The molecule has 0 bridgehead atoms. The minimum atomic E-state index is -0.902. The third kappa shape index (κ3) is 3.36. The summed E-state index contributed by atoms with van der Waals surface area (Å²) in [5, 5.41) is 2.80. The number of ether oxygens (including phenoxy) is 1. The molecule has 0 fully saturated rings. The fourth-order valence-corrected chi connectivity index (χ4v) is 2.11. The van der Waals surface area contributed by atoms with Crippen molar-refractivity contribution in [1.29, 1.82) is 0 Å². The van der Waals surface area contributed by atoms with Crippen molar-refractivity contribution in [3.05, 3.63) is 53.0 Å². The maximum Gasteiger partial charge on any atom is 0.342 e. The third-order valence-corrected chi connectivity index (χ3v) is 3.46. The van der Waals surface area contributed by atoms with Crippen LogP contribution >= 0.6 is 0 Å². The lowest BCUT2D eigenvalue weighted by Crippen LogP contribution is -2.30. The van der Waals surface area contributed by atoms with Gasteiger partial charge in [0.15, 0.2) is 6.10 Å². The van der Waals surface area contributed by atoms with Gasteiger partial charge >= 0.3 is 5.97 Å². The Morgan fingerprint density at radius 3 is 2.32 bits per heavy atom. The SMILES string of the molecule is Cc1cccc(C)c1NC(=O)[C@H](C)OC(=O)c1ccoc1C. The van der Waals surface area contributed by atoms with Crippen LogP contribution in [0, 0.1) is 20.8 Å². The fraction of sp³-hybridized carbons (Fsp3) is 0.294. The van der Waals surface area contributed by atoms with Gasteiger partial charge in [0.25, 0.3) is 5.91 Å². The van der Waals surface area contributed by atoms with E-state index in [4.69, 9.17) is 9.15 Å². The molecule has 0 aliphatic heterocycles. The van der Waals surface area contributed by atoms with Crippen LogP contribution in [0.25, 0.3) is 0 Å². The van der Waals surface area contributed by atoms with Crippen LogP contribution in [-0.2, 0) is 9.53 Å². The first-order valence-electron chi connectivity index (χ1n) is 7.02. The van der Waals surface area contributed by atoms with Gasteiger partial charge in [-0.2, -0.15) is 0 Å². The zero-order chi connectivity index (χ0) is 16.3. The summed E-state index contributed by atoms with van der Waals surface area (Å²) in [5.74, 6) is -0.477. The average Bonchev–Trinajstić information content (AvgIpc) is 2.89. The Kier molecular flexibility index (Phi) is 4.65. The van der Waals surface area contributed by atoms with Crippen molar-refractivity contribution in [1.82, 2.24) is 0 Å². The smallest absolute Gasteiger partial charge is 0.342 e. The minimum Gasteiger partial charge on any atom is -0.469 e. The number of benzene rings is 1. The number of furan rings is 1. The first-order chi connectivity index (χ1) is 10.4. The summed E-state index contributed by atoms with van der Waals surface area (Å²) in [7, 11) is 0. The highest BCUT2D eigenvalue weighted by molar-refractivity contribution is 5.98. The number of carbonyl (C=O) groups is 2. The van der Waals surface area contributed by atoms with Crippen LogP contribution in [0.3, 0.4) is 0 Å². The van der Waals surface area contributed by atoms with E-state index in [1.165, 1.54) is 19.3 Å². The molecule has 0 spiro atoms. The summed E-state index contributed by atoms with van der Waals surface area (Å²) < 4.78 is 10.2. The molecule has 1 aromatic carbocycles. The zero-order valence-electron chi connectivity index (χ0n) is 13.1. The summed E-state index contributed by atoms with van der Waals surface area (Å²) in [5.41, 5.74) is 2.98. The number of aryl methyl sites for hydroxylation is 3. The Hall–Kier alpha value is -2.56. The normalized spacial score (nSPS) is 11.8. The molecular weight excluding hydrogens is 282 g/mol. The fourth-order valence-electron chi connectivity index (χ4n) is 2.11. The molecule has 0 radical (unpaired) electrons. The van der Waals surface area contributed by atoms with Gasteiger partial charge < -0.3 is 14.5 Å². The molecule has 1 amide bonds. The maximum atomic E-state index is 12.2. The number of nitrogens with one attached hydrogen (secondary N) is 1. The lowest BCUT2D eigenvalue weighted by Gasteiger charge is -2.16. The third-order valence-electron chi connectivity index (χ3n) is 3.46. The Balaban J connectivity index is 2.04. The van der Waals surface area contributed by atoms with Crippen molar-refractivity contribution >= 4 is 17.6 Å². The van der Waals surface area contributed by atoms with Gasteiger partial charge in [-0.3, -0.25) is 4.79 Å². The molecule has 0 saturated carbocycles. The highest BCUT2D eigenvalue weighted by atomic mass is 16.5. The topological polar surface area (TPSA) is 68.5 Å². The lowest BCUT2D eigenvalue weighted by molar-refractivity contribution is -0.123. The van der Waals surface area contributed by atoms with Gasteiger partial charge in [-0.1, -0.05) is 18.2 Å². The minimum absolute atomic E-state index is 0.326. The van der Waals surface area contributed by atoms with E-state index in [-0.39, 0.29) is 5.91 Å². The Labute approximate surface area is 129 Å². The molecule has 5 heteroatoms. The van der Waals surface area contributed by atoms with Crippen molar-refractivity contribution in [3.63, 3.8) is 0 Å². The van der Waals surface area contributed by atoms with Gasteiger partial charge in [0.2, 0.25) is 0 Å². The molecule has 116 valence electrons. The van der Waals surface area contributed by atoms with Gasteiger partial charge in [0, 0.05) is 5.69 Å². The van der Waals surface area contributed by atoms with Crippen LogP contribution in [0.4, 0.5) is 5.69 Å². The number of rotatable bonds is 4. The van der Waals surface area contributed by atoms with E-state index in [9.17, 15) is 9.59 Å². The molecule has 5 nitrogen and oxygen atoms in total. The van der Waals surface area contributed by atoms with Crippen LogP contribution in [0.1, 0.15) is 34.2 Å². The molecule has 0 aliphatic carbocycles. The number of hydrogen-bond acceptors (Lipinski definition) is 4. The molecule has 1 atom stereocenters. The Bertz CT molecular complexity index is 682. The molecule has 0 saturated heterocycles. The van der Waals surface area contributed by atoms with Gasteiger partial charge in [0.1, 0.15) is 11.3 Å². The number of amides is 1. The number of hydrogen-bond donors (Lipinski definition) is 1. The number of para-hydroxylation sites is 1. The van der Waals surface area contributed by atoms with Crippen molar-refractivity contribution in [2.24, 2.45) is 0 Å². The van der Waals surface area contributed by atoms with Crippen molar-refractivity contribution in [3.8, 4) is 0 Å². The van der Waals surface area contributed by atoms with E-state index in [2.05, 4.69) is 5.32 Å². The summed E-state index contributed by atoms with van der Waals surface area (Å²) in [6.45, 7) is 7.02. The van der Waals surface area contributed by atoms with Crippen molar-refractivity contribution in [2.45, 2.75) is 33.8 Å². The van der Waals surface area contributed by atoms with E-state index in [1.54, 1.807) is 6.92 Å². The zero-order valence-corrected chi connectivity index (χ0v) is 13.1. The average molecular weight is 301 g/mol. The van der Waals surface area contributed by atoms with E-state index in [0.717, 1.165) is 16.8 Å². The molecule has 0 unspecified atom stereocenters. The lowest BCUT2D eigenvalue weighted by atomic mass is 10.1.